The summed E-state index contributed by atoms with van der Waals surface area (Å²) in [6.07, 6.45) is 71.0. The number of aliphatic hydroxyl groups excluding tert-OH is 1. The molecule has 0 aromatic rings. The molecule has 0 aromatic carbocycles. The van der Waals surface area contributed by atoms with Gasteiger partial charge < -0.3 is 33.8 Å². The molecule has 19 heteroatoms. The summed E-state index contributed by atoms with van der Waals surface area (Å²) >= 11 is 0. The molecule has 3 N–H and O–H groups in total. The van der Waals surface area contributed by atoms with E-state index >= 15 is 0 Å². The fraction of sp³-hybridized carbons (Fsp3) is 0.955. The van der Waals surface area contributed by atoms with Gasteiger partial charge >= 0.3 is 39.5 Å². The van der Waals surface area contributed by atoms with E-state index in [0.29, 0.717) is 25.7 Å². The van der Waals surface area contributed by atoms with Gasteiger partial charge in [0.15, 0.2) is 12.2 Å². The first-order valence-electron chi connectivity index (χ1n) is 45.8. The Balaban J connectivity index is 5.23. The van der Waals surface area contributed by atoms with Gasteiger partial charge in [-0.15, -0.1) is 0 Å². The van der Waals surface area contributed by atoms with E-state index < -0.39 is 97.5 Å². The molecular formula is C89H174O17P2. The molecule has 0 aliphatic heterocycles. The van der Waals surface area contributed by atoms with Crippen molar-refractivity contribution in [3.8, 4) is 0 Å². The summed E-state index contributed by atoms with van der Waals surface area (Å²) in [7, 11) is -9.93. The summed E-state index contributed by atoms with van der Waals surface area (Å²) in [5, 5.41) is 10.7. The van der Waals surface area contributed by atoms with Crippen LogP contribution in [0, 0.1) is 17.8 Å². The second-order valence-corrected chi connectivity index (χ2v) is 36.3. The summed E-state index contributed by atoms with van der Waals surface area (Å²) in [5.74, 6) is 0.223. The molecule has 0 aromatic heterocycles. The quantitative estimate of drug-likeness (QED) is 0.0222. The Morgan fingerprint density at radius 1 is 0.250 bits per heavy atom. The lowest BCUT2D eigenvalue weighted by molar-refractivity contribution is -0.161. The highest BCUT2D eigenvalue weighted by atomic mass is 31.2. The first kappa shape index (κ1) is 106. The highest BCUT2D eigenvalue weighted by molar-refractivity contribution is 7.47. The van der Waals surface area contributed by atoms with Crippen molar-refractivity contribution >= 4 is 39.5 Å². The molecule has 0 spiro atoms. The number of phosphoric acid groups is 2. The van der Waals surface area contributed by atoms with Crippen LogP contribution in [0.2, 0.25) is 0 Å². The van der Waals surface area contributed by atoms with Crippen LogP contribution in [0.1, 0.15) is 472 Å². The summed E-state index contributed by atoms with van der Waals surface area (Å²) in [4.78, 5) is 73.3. The standard InChI is InChI=1S/C89H174O17P2/c1-8-9-10-11-12-13-14-15-16-17-18-19-20-21-22-27-32-37-42-51-58-65-72-88(93)105-84(76-99-86(91)70-63-56-49-41-36-31-26-24-23-25-29-34-39-46-53-60-67-80(2)3)78-103-107(95,96)101-74-83(90)75-102-108(97,98)104-79-85(77-100-87(92)71-64-57-50-45-44-48-55-62-69-82(6)7)106-89(94)73-66-59-52-43-38-33-28-30-35-40-47-54-61-68-81(4)5/h80-85,90H,8-79H2,1-7H3,(H,95,96)(H,97,98)/t83-,84-,85-/m1/s1. The fourth-order valence-electron chi connectivity index (χ4n) is 13.9. The summed E-state index contributed by atoms with van der Waals surface area (Å²) in [6, 6.07) is 0. The Morgan fingerprint density at radius 2 is 0.426 bits per heavy atom. The second kappa shape index (κ2) is 78.9. The number of unbranched alkanes of at least 4 members (excludes halogenated alkanes) is 55. The third kappa shape index (κ3) is 82.1. The second-order valence-electron chi connectivity index (χ2n) is 33.4. The van der Waals surface area contributed by atoms with Gasteiger partial charge in [-0.3, -0.25) is 37.3 Å². The van der Waals surface area contributed by atoms with Crippen LogP contribution < -0.4 is 0 Å². The monoisotopic (exact) mass is 1580 g/mol. The number of hydrogen-bond donors (Lipinski definition) is 3. The van der Waals surface area contributed by atoms with Crippen molar-refractivity contribution in [2.24, 2.45) is 17.8 Å². The van der Waals surface area contributed by atoms with E-state index in [1.807, 2.05) is 0 Å². The highest BCUT2D eigenvalue weighted by Crippen LogP contribution is 2.45. The predicted octanol–water partition coefficient (Wildman–Crippen LogP) is 27.3. The van der Waals surface area contributed by atoms with Crippen LogP contribution in [0.25, 0.3) is 0 Å². The van der Waals surface area contributed by atoms with Gasteiger partial charge in [0, 0.05) is 25.7 Å². The van der Waals surface area contributed by atoms with Crippen LogP contribution in [0.15, 0.2) is 0 Å². The lowest BCUT2D eigenvalue weighted by Crippen LogP contribution is -2.30. The molecule has 0 radical (unpaired) electrons. The van der Waals surface area contributed by atoms with Crippen LogP contribution in [0.4, 0.5) is 0 Å². The average molecular weight is 1580 g/mol. The molecule has 642 valence electrons. The number of hydrogen-bond acceptors (Lipinski definition) is 15. The molecule has 0 heterocycles. The van der Waals surface area contributed by atoms with Gasteiger partial charge in [-0.25, -0.2) is 9.13 Å². The molecular weight excluding hydrogens is 1400 g/mol. The first-order valence-corrected chi connectivity index (χ1v) is 48.8. The van der Waals surface area contributed by atoms with E-state index in [1.54, 1.807) is 0 Å². The average Bonchev–Trinajstić information content (AvgIpc) is 0.900. The van der Waals surface area contributed by atoms with Crippen LogP contribution >= 0.6 is 15.6 Å². The number of carbonyl (C=O) groups excluding carboxylic acids is 4. The lowest BCUT2D eigenvalue weighted by atomic mass is 10.0. The maximum absolute atomic E-state index is 13.2. The van der Waals surface area contributed by atoms with Crippen LogP contribution in [-0.4, -0.2) is 96.7 Å². The molecule has 0 saturated carbocycles. The molecule has 0 aliphatic carbocycles. The minimum absolute atomic E-state index is 0.107. The minimum atomic E-state index is -4.97. The Kier molecular flexibility index (Phi) is 77.5. The first-order chi connectivity index (χ1) is 52.2. The van der Waals surface area contributed by atoms with Crippen molar-refractivity contribution in [3.63, 3.8) is 0 Å². The zero-order valence-electron chi connectivity index (χ0n) is 71.3. The van der Waals surface area contributed by atoms with E-state index in [9.17, 15) is 43.2 Å². The molecule has 0 amide bonds. The zero-order chi connectivity index (χ0) is 79.3. The van der Waals surface area contributed by atoms with Crippen molar-refractivity contribution in [1.82, 2.24) is 0 Å². The van der Waals surface area contributed by atoms with Gasteiger partial charge in [0.25, 0.3) is 0 Å². The topological polar surface area (TPSA) is 237 Å². The van der Waals surface area contributed by atoms with Gasteiger partial charge in [0.05, 0.1) is 26.4 Å². The number of phosphoric ester groups is 2. The molecule has 17 nitrogen and oxygen atoms in total. The molecule has 0 rings (SSSR count). The highest BCUT2D eigenvalue weighted by Gasteiger charge is 2.31. The van der Waals surface area contributed by atoms with Crippen molar-refractivity contribution in [2.45, 2.75) is 491 Å². The van der Waals surface area contributed by atoms with E-state index in [1.165, 1.54) is 283 Å². The van der Waals surface area contributed by atoms with Crippen LogP contribution in [0.3, 0.4) is 0 Å². The largest absolute Gasteiger partial charge is 0.472 e. The van der Waals surface area contributed by atoms with Gasteiger partial charge in [-0.05, 0) is 43.4 Å². The Hall–Kier alpha value is -1.94. The Labute approximate surface area is 664 Å². The molecule has 0 saturated heterocycles. The van der Waals surface area contributed by atoms with Gasteiger partial charge in [-0.2, -0.15) is 0 Å². The SMILES string of the molecule is CCCCCCCCCCCCCCCCCCCCCCCCC(=O)O[C@H](COC(=O)CCCCCCCCCCCCCCCCCCC(C)C)COP(=O)(O)OC[C@@H](O)COP(=O)(O)OC[C@@H](COC(=O)CCCCCCCCCCC(C)C)OC(=O)CCCCCCCCCCCCCCCC(C)C. The smallest absolute Gasteiger partial charge is 0.462 e. The number of esters is 4. The molecule has 2 unspecified atom stereocenters. The summed E-state index contributed by atoms with van der Waals surface area (Å²) in [5.41, 5.74) is 0. The van der Waals surface area contributed by atoms with Crippen molar-refractivity contribution < 1.29 is 80.2 Å². The van der Waals surface area contributed by atoms with Crippen LogP contribution in [0.5, 0.6) is 0 Å². The number of aliphatic hydroxyl groups is 1. The maximum Gasteiger partial charge on any atom is 0.472 e. The number of rotatable bonds is 87. The van der Waals surface area contributed by atoms with Gasteiger partial charge in [-0.1, -0.05) is 421 Å². The van der Waals surface area contributed by atoms with E-state index in [4.69, 9.17) is 37.0 Å². The molecule has 0 aliphatic rings. The molecule has 0 fully saturated rings. The maximum atomic E-state index is 13.2. The normalized spacial score (nSPS) is 13.8. The number of carbonyl (C=O) groups is 4. The lowest BCUT2D eigenvalue weighted by Gasteiger charge is -2.21. The third-order valence-electron chi connectivity index (χ3n) is 20.9. The van der Waals surface area contributed by atoms with Crippen molar-refractivity contribution in [3.05, 3.63) is 0 Å². The fourth-order valence-corrected chi connectivity index (χ4v) is 15.5. The van der Waals surface area contributed by atoms with E-state index in [2.05, 4.69) is 48.5 Å². The summed E-state index contributed by atoms with van der Waals surface area (Å²) < 4.78 is 69.0. The molecule has 0 bridgehead atoms. The van der Waals surface area contributed by atoms with Gasteiger partial charge in [0.1, 0.15) is 19.3 Å². The predicted molar refractivity (Wildman–Crippen MR) is 446 cm³/mol. The minimum Gasteiger partial charge on any atom is -0.462 e. The summed E-state index contributed by atoms with van der Waals surface area (Å²) in [6.45, 7) is 12.0. The zero-order valence-corrected chi connectivity index (χ0v) is 73.1. The van der Waals surface area contributed by atoms with Crippen LogP contribution in [-0.2, 0) is 65.4 Å². The van der Waals surface area contributed by atoms with E-state index in [0.717, 1.165) is 108 Å². The third-order valence-corrected chi connectivity index (χ3v) is 22.8. The molecule has 108 heavy (non-hydrogen) atoms. The van der Waals surface area contributed by atoms with Gasteiger partial charge in [0.2, 0.25) is 0 Å². The number of ether oxygens (including phenoxy) is 4. The molecule has 5 atom stereocenters. The van der Waals surface area contributed by atoms with Crippen molar-refractivity contribution in [2.75, 3.05) is 39.6 Å². The Bertz CT molecular complexity index is 2080. The van der Waals surface area contributed by atoms with E-state index in [-0.39, 0.29) is 25.7 Å². The van der Waals surface area contributed by atoms with Crippen molar-refractivity contribution in [1.29, 1.82) is 0 Å². The Morgan fingerprint density at radius 3 is 0.630 bits per heavy atom.